The van der Waals surface area contributed by atoms with Gasteiger partial charge in [0.25, 0.3) is 0 Å². The summed E-state index contributed by atoms with van der Waals surface area (Å²) in [6.07, 6.45) is 0. The lowest BCUT2D eigenvalue weighted by atomic mass is 10.2. The summed E-state index contributed by atoms with van der Waals surface area (Å²) in [4.78, 5) is 22.5. The van der Waals surface area contributed by atoms with Gasteiger partial charge in [-0.25, -0.2) is 4.79 Å². The van der Waals surface area contributed by atoms with Crippen LogP contribution >= 0.6 is 15.9 Å². The van der Waals surface area contributed by atoms with Gasteiger partial charge in [0.15, 0.2) is 4.67 Å². The second kappa shape index (κ2) is 5.57. The Kier molecular flexibility index (Phi) is 3.86. The molecule has 7 heteroatoms. The van der Waals surface area contributed by atoms with Crippen molar-refractivity contribution in [3.8, 4) is 0 Å². The van der Waals surface area contributed by atoms with Crippen LogP contribution in [0, 0.1) is 0 Å². The Labute approximate surface area is 117 Å². The standard InChI is InChI=1S/C12H10BrN3O3/c13-9-5-6-10(19-9)16-12(18)15-8-3-1-7(2-4-8)11(14)17/h1-6H,(H2,14,17)(H2,15,16,18). The monoisotopic (exact) mass is 323 g/mol. The van der Waals surface area contributed by atoms with Gasteiger partial charge < -0.3 is 15.5 Å². The molecule has 0 saturated heterocycles. The van der Waals surface area contributed by atoms with Crippen molar-refractivity contribution < 1.29 is 14.0 Å². The van der Waals surface area contributed by atoms with E-state index in [1.807, 2.05) is 0 Å². The molecule has 1 heterocycles. The van der Waals surface area contributed by atoms with Crippen LogP contribution in [-0.4, -0.2) is 11.9 Å². The van der Waals surface area contributed by atoms with E-state index in [-0.39, 0.29) is 0 Å². The maximum atomic E-state index is 11.6. The zero-order valence-corrected chi connectivity index (χ0v) is 11.2. The number of amides is 3. The first kappa shape index (κ1) is 13.2. The number of primary amides is 1. The predicted octanol–water partition coefficient (Wildman–Crippen LogP) is 2.79. The normalized spacial score (nSPS) is 9.95. The average molecular weight is 324 g/mol. The first-order valence-electron chi connectivity index (χ1n) is 5.28. The molecule has 0 aliphatic carbocycles. The molecule has 1 aromatic heterocycles. The number of hydrogen-bond donors (Lipinski definition) is 3. The zero-order chi connectivity index (χ0) is 13.8. The summed E-state index contributed by atoms with van der Waals surface area (Å²) in [5.74, 6) is -0.199. The Bertz CT molecular complexity index is 607. The van der Waals surface area contributed by atoms with Gasteiger partial charge in [0.1, 0.15) is 0 Å². The number of hydrogen-bond acceptors (Lipinski definition) is 3. The highest BCUT2D eigenvalue weighted by molar-refractivity contribution is 9.10. The van der Waals surface area contributed by atoms with Gasteiger partial charge in [0, 0.05) is 17.3 Å². The van der Waals surface area contributed by atoms with Crippen molar-refractivity contribution in [2.45, 2.75) is 0 Å². The van der Waals surface area contributed by atoms with Crippen molar-refractivity contribution in [3.05, 3.63) is 46.6 Å². The van der Waals surface area contributed by atoms with E-state index in [1.54, 1.807) is 24.3 Å². The van der Waals surface area contributed by atoms with E-state index in [0.717, 1.165) is 0 Å². The summed E-state index contributed by atoms with van der Waals surface area (Å²) in [5, 5.41) is 5.10. The molecule has 4 N–H and O–H groups in total. The highest BCUT2D eigenvalue weighted by Gasteiger charge is 2.06. The third-order valence-electron chi connectivity index (χ3n) is 2.24. The summed E-state index contributed by atoms with van der Waals surface area (Å²) in [7, 11) is 0. The zero-order valence-electron chi connectivity index (χ0n) is 9.64. The highest BCUT2D eigenvalue weighted by atomic mass is 79.9. The van der Waals surface area contributed by atoms with E-state index in [0.29, 0.717) is 21.8 Å². The number of nitrogens with one attached hydrogen (secondary N) is 2. The number of carbonyl (C=O) groups is 2. The number of urea groups is 1. The van der Waals surface area contributed by atoms with Gasteiger partial charge in [0.05, 0.1) is 0 Å². The lowest BCUT2D eigenvalue weighted by Gasteiger charge is -2.05. The Morgan fingerprint density at radius 3 is 2.26 bits per heavy atom. The molecule has 0 saturated carbocycles. The average Bonchev–Trinajstić information content (AvgIpc) is 2.75. The van der Waals surface area contributed by atoms with Gasteiger partial charge in [-0.15, -0.1) is 0 Å². The molecule has 2 rings (SSSR count). The van der Waals surface area contributed by atoms with Gasteiger partial charge >= 0.3 is 6.03 Å². The van der Waals surface area contributed by atoms with Gasteiger partial charge in [0.2, 0.25) is 11.8 Å². The fourth-order valence-electron chi connectivity index (χ4n) is 1.37. The number of rotatable bonds is 3. The lowest BCUT2D eigenvalue weighted by molar-refractivity contribution is 0.100. The van der Waals surface area contributed by atoms with Crippen LogP contribution in [-0.2, 0) is 0 Å². The molecule has 0 unspecified atom stereocenters. The van der Waals surface area contributed by atoms with Crippen LogP contribution in [0.25, 0.3) is 0 Å². The van der Waals surface area contributed by atoms with Crippen molar-refractivity contribution in [3.63, 3.8) is 0 Å². The van der Waals surface area contributed by atoms with Crippen LogP contribution in [0.2, 0.25) is 0 Å². The van der Waals surface area contributed by atoms with Crippen LogP contribution in [0.5, 0.6) is 0 Å². The Balaban J connectivity index is 1.97. The first-order chi connectivity index (χ1) is 9.04. The molecule has 0 aliphatic heterocycles. The van der Waals surface area contributed by atoms with Crippen molar-refractivity contribution in [1.29, 1.82) is 0 Å². The predicted molar refractivity (Wildman–Crippen MR) is 74.0 cm³/mol. The van der Waals surface area contributed by atoms with E-state index < -0.39 is 11.9 Å². The Morgan fingerprint density at radius 2 is 1.74 bits per heavy atom. The molecule has 0 bridgehead atoms. The molecule has 1 aromatic carbocycles. The van der Waals surface area contributed by atoms with Gasteiger partial charge in [-0.2, -0.15) is 0 Å². The second-order valence-corrected chi connectivity index (χ2v) is 4.41. The summed E-state index contributed by atoms with van der Waals surface area (Å²) < 4.78 is 5.65. The second-order valence-electron chi connectivity index (χ2n) is 3.62. The largest absolute Gasteiger partial charge is 0.434 e. The van der Waals surface area contributed by atoms with Crippen molar-refractivity contribution in [2.24, 2.45) is 5.73 Å². The SMILES string of the molecule is NC(=O)c1ccc(NC(=O)Nc2ccc(Br)o2)cc1. The summed E-state index contributed by atoms with van der Waals surface area (Å²) in [6, 6.07) is 9.05. The fraction of sp³-hybridized carbons (Fsp3) is 0. The minimum absolute atomic E-state index is 0.318. The number of carbonyl (C=O) groups excluding carboxylic acids is 2. The number of furan rings is 1. The van der Waals surface area contributed by atoms with E-state index in [9.17, 15) is 9.59 Å². The maximum Gasteiger partial charge on any atom is 0.326 e. The minimum atomic E-state index is -0.517. The fourth-order valence-corrected chi connectivity index (χ4v) is 1.68. The molecule has 19 heavy (non-hydrogen) atoms. The topological polar surface area (TPSA) is 97.4 Å². The molecular weight excluding hydrogens is 314 g/mol. The summed E-state index contributed by atoms with van der Waals surface area (Å²) in [6.45, 7) is 0. The number of anilines is 2. The molecule has 3 amide bonds. The van der Waals surface area contributed by atoms with E-state index >= 15 is 0 Å². The van der Waals surface area contributed by atoms with Crippen molar-refractivity contribution in [1.82, 2.24) is 0 Å². The quantitative estimate of drug-likeness (QED) is 0.810. The van der Waals surface area contributed by atoms with Gasteiger partial charge in [-0.05, 0) is 46.3 Å². The maximum absolute atomic E-state index is 11.6. The summed E-state index contributed by atoms with van der Waals surface area (Å²) in [5.41, 5.74) is 6.03. The number of halogens is 1. The third-order valence-corrected chi connectivity index (χ3v) is 2.66. The van der Waals surface area contributed by atoms with Crippen LogP contribution < -0.4 is 16.4 Å². The lowest BCUT2D eigenvalue weighted by Crippen LogP contribution is -2.19. The Hall–Kier alpha value is -2.28. The van der Waals surface area contributed by atoms with Crippen molar-refractivity contribution in [2.75, 3.05) is 10.6 Å². The van der Waals surface area contributed by atoms with E-state index in [2.05, 4.69) is 26.6 Å². The van der Waals surface area contributed by atoms with Crippen LogP contribution in [0.3, 0.4) is 0 Å². The minimum Gasteiger partial charge on any atom is -0.434 e. The molecule has 6 nitrogen and oxygen atoms in total. The van der Waals surface area contributed by atoms with Crippen LogP contribution in [0.4, 0.5) is 16.4 Å². The smallest absolute Gasteiger partial charge is 0.326 e. The number of nitrogens with two attached hydrogens (primary N) is 1. The van der Waals surface area contributed by atoms with Crippen molar-refractivity contribution >= 4 is 39.4 Å². The Morgan fingerprint density at radius 1 is 1.05 bits per heavy atom. The molecule has 2 aromatic rings. The molecule has 0 atom stereocenters. The van der Waals surface area contributed by atoms with Gasteiger partial charge in [-0.3, -0.25) is 10.1 Å². The summed E-state index contributed by atoms with van der Waals surface area (Å²) >= 11 is 3.13. The molecule has 0 spiro atoms. The first-order valence-corrected chi connectivity index (χ1v) is 6.07. The highest BCUT2D eigenvalue weighted by Crippen LogP contribution is 2.18. The molecule has 98 valence electrons. The molecular formula is C12H10BrN3O3. The van der Waals surface area contributed by atoms with E-state index in [1.165, 1.54) is 12.1 Å². The third kappa shape index (κ3) is 3.59. The van der Waals surface area contributed by atoms with Gasteiger partial charge in [-0.1, -0.05) is 0 Å². The van der Waals surface area contributed by atoms with Crippen LogP contribution in [0.15, 0.2) is 45.5 Å². The van der Waals surface area contributed by atoms with E-state index in [4.69, 9.17) is 10.2 Å². The molecule has 0 fully saturated rings. The van der Waals surface area contributed by atoms with Crippen LogP contribution in [0.1, 0.15) is 10.4 Å². The molecule has 0 aliphatic rings. The number of benzene rings is 1. The molecule has 0 radical (unpaired) electrons.